The fourth-order valence-electron chi connectivity index (χ4n) is 3.65. The summed E-state index contributed by atoms with van der Waals surface area (Å²) < 4.78 is 5.10. The zero-order valence-corrected chi connectivity index (χ0v) is 14.3. The van der Waals surface area contributed by atoms with Crippen LogP contribution >= 0.6 is 0 Å². The van der Waals surface area contributed by atoms with Crippen LogP contribution < -0.4 is 10.6 Å². The van der Waals surface area contributed by atoms with E-state index >= 15 is 0 Å². The molecule has 4 rings (SSSR count). The van der Waals surface area contributed by atoms with Gasteiger partial charge in [0.2, 0.25) is 0 Å². The Morgan fingerprint density at radius 3 is 2.60 bits per heavy atom. The van der Waals surface area contributed by atoms with Crippen LogP contribution in [-0.2, 0) is 0 Å². The lowest BCUT2D eigenvalue weighted by Crippen LogP contribution is -2.62. The number of hydrogen-bond acceptors (Lipinski definition) is 5. The third-order valence-electron chi connectivity index (χ3n) is 5.05. The van der Waals surface area contributed by atoms with E-state index in [0.29, 0.717) is 48.5 Å². The molecule has 25 heavy (non-hydrogen) atoms. The second-order valence-electron chi connectivity index (χ2n) is 6.70. The first-order valence-corrected chi connectivity index (χ1v) is 8.41. The Balaban J connectivity index is 1.51. The first kappa shape index (κ1) is 15.7. The number of nitrogens with one attached hydrogen (secondary N) is 2. The van der Waals surface area contributed by atoms with Gasteiger partial charge in [0, 0.05) is 31.6 Å². The number of piperidine rings is 1. The predicted molar refractivity (Wildman–Crippen MR) is 91.4 cm³/mol. The van der Waals surface area contributed by atoms with E-state index in [1.807, 2.05) is 18.2 Å². The normalized spacial score (nSPS) is 18.5. The molecule has 3 heterocycles. The molecule has 1 fully saturated rings. The average Bonchev–Trinajstić information content (AvgIpc) is 2.93. The molecule has 1 spiro atoms. The van der Waals surface area contributed by atoms with Crippen molar-refractivity contribution in [2.45, 2.75) is 32.4 Å². The largest absolute Gasteiger partial charge is 0.362 e. The van der Waals surface area contributed by atoms with Crippen LogP contribution in [0.1, 0.15) is 45.0 Å². The summed E-state index contributed by atoms with van der Waals surface area (Å²) >= 11 is 0. The Morgan fingerprint density at radius 2 is 1.92 bits per heavy atom. The van der Waals surface area contributed by atoms with Crippen molar-refractivity contribution in [3.63, 3.8) is 0 Å². The molecule has 7 nitrogen and oxygen atoms in total. The SMILES string of the molecule is Cc1noc(C)c1C(=O)N1CCC2(CC1)NC(=O)c1ccccc1N2. The summed E-state index contributed by atoms with van der Waals surface area (Å²) in [5, 5.41) is 10.4. The Kier molecular flexibility index (Phi) is 3.52. The van der Waals surface area contributed by atoms with Gasteiger partial charge in [-0.05, 0) is 26.0 Å². The molecule has 0 saturated carbocycles. The molecule has 7 heteroatoms. The van der Waals surface area contributed by atoms with Crippen LogP contribution in [0.5, 0.6) is 0 Å². The number of anilines is 1. The quantitative estimate of drug-likeness (QED) is 0.830. The molecule has 130 valence electrons. The molecule has 0 aliphatic carbocycles. The van der Waals surface area contributed by atoms with Crippen LogP contribution in [0.2, 0.25) is 0 Å². The van der Waals surface area contributed by atoms with Crippen molar-refractivity contribution in [1.82, 2.24) is 15.4 Å². The molecular weight excluding hydrogens is 320 g/mol. The predicted octanol–water partition coefficient (Wildman–Crippen LogP) is 2.08. The van der Waals surface area contributed by atoms with Crippen molar-refractivity contribution in [3.8, 4) is 0 Å². The third-order valence-corrected chi connectivity index (χ3v) is 5.05. The van der Waals surface area contributed by atoms with Crippen LogP contribution in [0, 0.1) is 13.8 Å². The first-order valence-electron chi connectivity index (χ1n) is 8.41. The van der Waals surface area contributed by atoms with Crippen molar-refractivity contribution >= 4 is 17.5 Å². The Hall–Kier alpha value is -2.83. The smallest absolute Gasteiger partial charge is 0.259 e. The zero-order valence-electron chi connectivity index (χ0n) is 14.3. The van der Waals surface area contributed by atoms with E-state index in [2.05, 4.69) is 15.8 Å². The third kappa shape index (κ3) is 2.56. The van der Waals surface area contributed by atoms with Crippen molar-refractivity contribution in [2.75, 3.05) is 18.4 Å². The van der Waals surface area contributed by atoms with Crippen LogP contribution in [0.3, 0.4) is 0 Å². The highest BCUT2D eigenvalue weighted by Gasteiger charge is 2.41. The van der Waals surface area contributed by atoms with Gasteiger partial charge in [0.15, 0.2) is 0 Å². The molecule has 0 radical (unpaired) electrons. The molecule has 0 unspecified atom stereocenters. The van der Waals surface area contributed by atoms with Gasteiger partial charge >= 0.3 is 0 Å². The number of amides is 2. The van der Waals surface area contributed by atoms with Crippen LogP contribution in [0.15, 0.2) is 28.8 Å². The summed E-state index contributed by atoms with van der Waals surface area (Å²) in [7, 11) is 0. The summed E-state index contributed by atoms with van der Waals surface area (Å²) in [5.41, 5.74) is 2.16. The van der Waals surface area contributed by atoms with Crippen LogP contribution in [-0.4, -0.2) is 40.6 Å². The highest BCUT2D eigenvalue weighted by atomic mass is 16.5. The lowest BCUT2D eigenvalue weighted by atomic mass is 9.92. The minimum atomic E-state index is -0.499. The number of likely N-dealkylation sites (tertiary alicyclic amines) is 1. The topological polar surface area (TPSA) is 87.5 Å². The van der Waals surface area contributed by atoms with Gasteiger partial charge < -0.3 is 20.1 Å². The van der Waals surface area contributed by atoms with Gasteiger partial charge in [-0.25, -0.2) is 0 Å². The highest BCUT2D eigenvalue weighted by Crippen LogP contribution is 2.31. The van der Waals surface area contributed by atoms with Crippen molar-refractivity contribution in [1.29, 1.82) is 0 Å². The molecular formula is C18H20N4O3. The number of aryl methyl sites for hydroxylation is 2. The lowest BCUT2D eigenvalue weighted by molar-refractivity contribution is 0.0638. The highest BCUT2D eigenvalue weighted by molar-refractivity contribution is 6.02. The van der Waals surface area contributed by atoms with E-state index in [1.165, 1.54) is 0 Å². The number of rotatable bonds is 1. The van der Waals surface area contributed by atoms with Gasteiger partial charge in [-0.15, -0.1) is 0 Å². The average molecular weight is 340 g/mol. The summed E-state index contributed by atoms with van der Waals surface area (Å²) in [6, 6.07) is 7.48. The summed E-state index contributed by atoms with van der Waals surface area (Å²) in [4.78, 5) is 27.0. The van der Waals surface area contributed by atoms with E-state index in [-0.39, 0.29) is 11.8 Å². The molecule has 0 atom stereocenters. The molecule has 2 amide bonds. The Labute approximate surface area is 145 Å². The van der Waals surface area contributed by atoms with Crippen LogP contribution in [0.25, 0.3) is 0 Å². The van der Waals surface area contributed by atoms with Gasteiger partial charge in [-0.1, -0.05) is 17.3 Å². The second-order valence-corrected chi connectivity index (χ2v) is 6.70. The van der Waals surface area contributed by atoms with Crippen molar-refractivity contribution < 1.29 is 14.1 Å². The number of carbonyl (C=O) groups is 2. The first-order chi connectivity index (χ1) is 12.0. The van der Waals surface area contributed by atoms with E-state index in [9.17, 15) is 9.59 Å². The molecule has 2 aliphatic heterocycles. The van der Waals surface area contributed by atoms with Crippen molar-refractivity contribution in [3.05, 3.63) is 46.8 Å². The molecule has 2 aliphatic rings. The monoisotopic (exact) mass is 340 g/mol. The number of hydrogen-bond donors (Lipinski definition) is 2. The molecule has 2 N–H and O–H groups in total. The molecule has 1 aromatic carbocycles. The molecule has 1 saturated heterocycles. The van der Waals surface area contributed by atoms with Gasteiger partial charge in [0.25, 0.3) is 11.8 Å². The number of aromatic nitrogens is 1. The van der Waals surface area contributed by atoms with Crippen molar-refractivity contribution in [2.24, 2.45) is 0 Å². The van der Waals surface area contributed by atoms with E-state index in [1.54, 1.807) is 24.8 Å². The number of benzene rings is 1. The fraction of sp³-hybridized carbons (Fsp3) is 0.389. The second kappa shape index (κ2) is 5.61. The Bertz CT molecular complexity index is 830. The minimum Gasteiger partial charge on any atom is -0.362 e. The fourth-order valence-corrected chi connectivity index (χ4v) is 3.65. The summed E-state index contributed by atoms with van der Waals surface area (Å²) in [5.74, 6) is 0.411. The van der Waals surface area contributed by atoms with Crippen LogP contribution in [0.4, 0.5) is 5.69 Å². The van der Waals surface area contributed by atoms with E-state index < -0.39 is 5.66 Å². The maximum absolute atomic E-state index is 12.8. The molecule has 1 aromatic heterocycles. The van der Waals surface area contributed by atoms with Gasteiger partial charge in [0.05, 0.1) is 11.3 Å². The minimum absolute atomic E-state index is 0.0614. The zero-order chi connectivity index (χ0) is 17.6. The Morgan fingerprint density at radius 1 is 1.20 bits per heavy atom. The number of para-hydroxylation sites is 1. The van der Waals surface area contributed by atoms with Gasteiger partial charge in [-0.2, -0.15) is 0 Å². The summed E-state index contributed by atoms with van der Waals surface area (Å²) in [6.45, 7) is 4.63. The van der Waals surface area contributed by atoms with Gasteiger partial charge in [0.1, 0.15) is 17.0 Å². The number of carbonyl (C=O) groups excluding carboxylic acids is 2. The summed E-state index contributed by atoms with van der Waals surface area (Å²) in [6.07, 6.45) is 1.28. The van der Waals surface area contributed by atoms with Gasteiger partial charge in [-0.3, -0.25) is 9.59 Å². The van der Waals surface area contributed by atoms with E-state index in [0.717, 1.165) is 5.69 Å². The lowest BCUT2D eigenvalue weighted by Gasteiger charge is -2.45. The molecule has 0 bridgehead atoms. The number of fused-ring (bicyclic) bond motifs is 1. The van der Waals surface area contributed by atoms with E-state index in [4.69, 9.17) is 4.52 Å². The number of nitrogens with zero attached hydrogens (tertiary/aromatic N) is 2. The molecule has 2 aromatic rings. The maximum atomic E-state index is 12.8. The standard InChI is InChI=1S/C18H20N4O3/c1-11-15(12(2)25-21-11)17(24)22-9-7-18(8-10-22)19-14-6-4-3-5-13(14)16(23)20-18/h3-6,19H,7-10H2,1-2H3,(H,20,23). The maximum Gasteiger partial charge on any atom is 0.259 e.